The summed E-state index contributed by atoms with van der Waals surface area (Å²) in [6.07, 6.45) is 8.73. The van der Waals surface area contributed by atoms with Crippen LogP contribution in [-0.4, -0.2) is 9.97 Å². The standard InChI is InChI=1S/C18H10FN3OS/c1-2-11-5-6-21-9-12(11)10-24-18-15-7-13(19)3-4-14(15)16(8-20)17(23)22-18/h1,3-7,9H,10H2,(H,22,23). The largest absolute Gasteiger partial charge is 0.315 e. The number of halogens is 1. The van der Waals surface area contributed by atoms with Crippen LogP contribution in [-0.2, 0) is 5.75 Å². The van der Waals surface area contributed by atoms with Crippen LogP contribution in [0, 0.1) is 29.5 Å². The Morgan fingerprint density at radius 3 is 2.92 bits per heavy atom. The second-order valence-corrected chi connectivity index (χ2v) is 5.91. The number of fused-ring (bicyclic) bond motifs is 1. The van der Waals surface area contributed by atoms with E-state index < -0.39 is 11.4 Å². The van der Waals surface area contributed by atoms with Crippen molar-refractivity contribution in [1.29, 1.82) is 5.26 Å². The van der Waals surface area contributed by atoms with E-state index in [1.54, 1.807) is 18.5 Å². The number of aromatic amines is 1. The minimum atomic E-state index is -0.498. The van der Waals surface area contributed by atoms with Crippen molar-refractivity contribution >= 4 is 22.5 Å². The smallest absolute Gasteiger partial charge is 0.267 e. The molecular weight excluding hydrogens is 325 g/mol. The number of aromatic nitrogens is 2. The first-order valence-electron chi connectivity index (χ1n) is 6.92. The Morgan fingerprint density at radius 1 is 1.33 bits per heavy atom. The summed E-state index contributed by atoms with van der Waals surface area (Å²) in [7, 11) is 0. The van der Waals surface area contributed by atoms with Crippen molar-refractivity contribution in [1.82, 2.24) is 9.97 Å². The minimum absolute atomic E-state index is 0.0277. The maximum Gasteiger partial charge on any atom is 0.267 e. The van der Waals surface area contributed by atoms with E-state index in [-0.39, 0.29) is 5.56 Å². The molecule has 0 aliphatic heterocycles. The van der Waals surface area contributed by atoms with E-state index in [1.807, 2.05) is 6.07 Å². The number of hydrogen-bond acceptors (Lipinski definition) is 4. The lowest BCUT2D eigenvalue weighted by molar-refractivity contribution is 0.629. The molecule has 4 nitrogen and oxygen atoms in total. The predicted molar refractivity (Wildman–Crippen MR) is 91.0 cm³/mol. The van der Waals surface area contributed by atoms with Gasteiger partial charge < -0.3 is 4.98 Å². The number of hydrogen-bond donors (Lipinski definition) is 1. The molecule has 24 heavy (non-hydrogen) atoms. The number of pyridine rings is 2. The molecule has 3 rings (SSSR count). The van der Waals surface area contributed by atoms with Crippen LogP contribution in [0.1, 0.15) is 16.7 Å². The Balaban J connectivity index is 2.07. The summed E-state index contributed by atoms with van der Waals surface area (Å²) in [5.41, 5.74) is 1.02. The lowest BCUT2D eigenvalue weighted by Crippen LogP contribution is -2.12. The lowest BCUT2D eigenvalue weighted by Gasteiger charge is -2.08. The monoisotopic (exact) mass is 335 g/mol. The fraction of sp³-hybridized carbons (Fsp3) is 0.0556. The van der Waals surface area contributed by atoms with E-state index in [9.17, 15) is 9.18 Å². The number of nitriles is 1. The van der Waals surface area contributed by atoms with Crippen LogP contribution in [0.4, 0.5) is 4.39 Å². The molecule has 1 aromatic carbocycles. The van der Waals surface area contributed by atoms with Gasteiger partial charge in [0, 0.05) is 34.5 Å². The zero-order chi connectivity index (χ0) is 17.1. The third-order valence-corrected chi connectivity index (χ3v) is 4.56. The Morgan fingerprint density at radius 2 is 2.17 bits per heavy atom. The molecule has 0 aliphatic rings. The van der Waals surface area contributed by atoms with E-state index in [4.69, 9.17) is 11.7 Å². The van der Waals surface area contributed by atoms with Crippen LogP contribution >= 0.6 is 11.8 Å². The third kappa shape index (κ3) is 2.88. The van der Waals surface area contributed by atoms with Crippen LogP contribution in [0.25, 0.3) is 10.8 Å². The molecule has 0 aliphatic carbocycles. The molecule has 0 spiro atoms. The maximum atomic E-state index is 13.6. The zero-order valence-corrected chi connectivity index (χ0v) is 13.2. The molecule has 0 radical (unpaired) electrons. The molecule has 0 atom stereocenters. The van der Waals surface area contributed by atoms with Gasteiger partial charge in [-0.3, -0.25) is 9.78 Å². The molecule has 0 unspecified atom stereocenters. The lowest BCUT2D eigenvalue weighted by atomic mass is 10.1. The van der Waals surface area contributed by atoms with Gasteiger partial charge in [0.1, 0.15) is 17.4 Å². The number of rotatable bonds is 3. The van der Waals surface area contributed by atoms with Gasteiger partial charge in [0.2, 0.25) is 0 Å². The van der Waals surface area contributed by atoms with Crippen molar-refractivity contribution in [2.45, 2.75) is 10.8 Å². The Hall–Kier alpha value is -3.09. The van der Waals surface area contributed by atoms with E-state index >= 15 is 0 Å². The van der Waals surface area contributed by atoms with Gasteiger partial charge >= 0.3 is 0 Å². The molecule has 0 fully saturated rings. The van der Waals surface area contributed by atoms with Gasteiger partial charge in [-0.05, 0) is 29.8 Å². The maximum absolute atomic E-state index is 13.6. The van der Waals surface area contributed by atoms with Gasteiger partial charge in [0.25, 0.3) is 5.56 Å². The van der Waals surface area contributed by atoms with E-state index in [1.165, 1.54) is 30.0 Å². The average Bonchev–Trinajstić information content (AvgIpc) is 2.60. The summed E-state index contributed by atoms with van der Waals surface area (Å²) in [6.45, 7) is 0. The van der Waals surface area contributed by atoms with Gasteiger partial charge in [-0.25, -0.2) is 4.39 Å². The van der Waals surface area contributed by atoms with Gasteiger partial charge in [-0.1, -0.05) is 5.92 Å². The highest BCUT2D eigenvalue weighted by molar-refractivity contribution is 7.98. The van der Waals surface area contributed by atoms with Crippen LogP contribution in [0.5, 0.6) is 0 Å². The Labute approximate surface area is 141 Å². The fourth-order valence-electron chi connectivity index (χ4n) is 2.34. The van der Waals surface area contributed by atoms with E-state index in [0.29, 0.717) is 27.1 Å². The minimum Gasteiger partial charge on any atom is -0.315 e. The van der Waals surface area contributed by atoms with Crippen molar-refractivity contribution in [3.05, 3.63) is 69.5 Å². The van der Waals surface area contributed by atoms with Crippen LogP contribution in [0.15, 0.2) is 46.5 Å². The molecule has 0 saturated carbocycles. The summed E-state index contributed by atoms with van der Waals surface area (Å²) in [5, 5.41) is 10.6. The molecule has 3 aromatic rings. The third-order valence-electron chi connectivity index (χ3n) is 3.49. The Kier molecular flexibility index (Phi) is 4.33. The fourth-order valence-corrected chi connectivity index (χ4v) is 3.35. The number of nitrogens with zero attached hydrogens (tertiary/aromatic N) is 2. The van der Waals surface area contributed by atoms with E-state index in [0.717, 1.165) is 5.56 Å². The summed E-state index contributed by atoms with van der Waals surface area (Å²) in [5.74, 6) is 2.60. The van der Waals surface area contributed by atoms with Crippen molar-refractivity contribution in [2.75, 3.05) is 0 Å². The SMILES string of the molecule is C#Cc1ccncc1CSc1[nH]c(=O)c(C#N)c2ccc(F)cc12. The first kappa shape index (κ1) is 15.8. The van der Waals surface area contributed by atoms with Gasteiger partial charge in [0.15, 0.2) is 0 Å². The zero-order valence-electron chi connectivity index (χ0n) is 12.3. The first-order valence-corrected chi connectivity index (χ1v) is 7.90. The molecule has 2 aromatic heterocycles. The highest BCUT2D eigenvalue weighted by Gasteiger charge is 2.13. The molecule has 1 N–H and O–H groups in total. The second kappa shape index (κ2) is 6.57. The molecular formula is C18H10FN3OS. The molecule has 0 bridgehead atoms. The van der Waals surface area contributed by atoms with Gasteiger partial charge in [0.05, 0.1) is 5.03 Å². The topological polar surface area (TPSA) is 69.5 Å². The average molecular weight is 335 g/mol. The number of nitrogens with one attached hydrogen (secondary N) is 1. The number of H-pyrrole nitrogens is 1. The van der Waals surface area contributed by atoms with Gasteiger partial charge in [-0.2, -0.15) is 5.26 Å². The summed E-state index contributed by atoms with van der Waals surface area (Å²) in [6, 6.07) is 7.58. The molecule has 0 amide bonds. The van der Waals surface area contributed by atoms with Crippen molar-refractivity contribution in [3.8, 4) is 18.4 Å². The van der Waals surface area contributed by atoms with Crippen molar-refractivity contribution in [3.63, 3.8) is 0 Å². The molecule has 116 valence electrons. The van der Waals surface area contributed by atoms with Gasteiger partial charge in [-0.15, -0.1) is 18.2 Å². The number of thioether (sulfide) groups is 1. The highest BCUT2D eigenvalue weighted by atomic mass is 32.2. The highest BCUT2D eigenvalue weighted by Crippen LogP contribution is 2.29. The molecule has 0 saturated heterocycles. The normalized spacial score (nSPS) is 10.3. The summed E-state index contributed by atoms with van der Waals surface area (Å²) >= 11 is 1.31. The summed E-state index contributed by atoms with van der Waals surface area (Å²) < 4.78 is 13.6. The quantitative estimate of drug-likeness (QED) is 0.589. The van der Waals surface area contributed by atoms with E-state index in [2.05, 4.69) is 15.9 Å². The first-order chi connectivity index (χ1) is 11.6. The number of benzene rings is 1. The predicted octanol–water partition coefficient (Wildman–Crippen LogP) is 3.21. The second-order valence-electron chi connectivity index (χ2n) is 4.93. The van der Waals surface area contributed by atoms with Crippen molar-refractivity contribution in [2.24, 2.45) is 0 Å². The van der Waals surface area contributed by atoms with Crippen LogP contribution in [0.3, 0.4) is 0 Å². The molecule has 6 heteroatoms. The number of terminal acetylenes is 1. The molecule has 2 heterocycles. The van der Waals surface area contributed by atoms with Crippen LogP contribution in [0.2, 0.25) is 0 Å². The Bertz CT molecular complexity index is 1080. The van der Waals surface area contributed by atoms with Crippen LogP contribution < -0.4 is 5.56 Å². The van der Waals surface area contributed by atoms with Crippen molar-refractivity contribution < 1.29 is 4.39 Å². The summed E-state index contributed by atoms with van der Waals surface area (Å²) in [4.78, 5) is 18.8.